The molecule has 0 bridgehead atoms. The van der Waals surface area contributed by atoms with E-state index in [0.29, 0.717) is 16.7 Å². The summed E-state index contributed by atoms with van der Waals surface area (Å²) in [5.74, 6) is 0. The van der Waals surface area contributed by atoms with Crippen molar-refractivity contribution in [1.29, 1.82) is 0 Å². The Labute approximate surface area is 115 Å². The Kier molecular flexibility index (Phi) is 3.63. The molecule has 1 aromatic heterocycles. The lowest BCUT2D eigenvalue weighted by molar-refractivity contribution is 0.729. The minimum absolute atomic E-state index is 0.116. The summed E-state index contributed by atoms with van der Waals surface area (Å²) in [6.45, 7) is 0.427. The van der Waals surface area contributed by atoms with Crippen LogP contribution < -0.4 is 11.3 Å². The van der Waals surface area contributed by atoms with Crippen LogP contribution in [0.4, 0.5) is 5.69 Å². The smallest absolute Gasteiger partial charge is 0.267 e. The van der Waals surface area contributed by atoms with Crippen LogP contribution in [0.3, 0.4) is 0 Å². The van der Waals surface area contributed by atoms with Gasteiger partial charge in [-0.25, -0.2) is 4.98 Å². The number of benzene rings is 1. The van der Waals surface area contributed by atoms with Gasteiger partial charge in [-0.2, -0.15) is 0 Å². The molecular formula is C11H9Br2N3O. The second-order valence-electron chi connectivity index (χ2n) is 3.49. The lowest BCUT2D eigenvalue weighted by Gasteiger charge is -2.08. The molecule has 0 fully saturated rings. The maximum atomic E-state index is 11.8. The van der Waals surface area contributed by atoms with E-state index in [-0.39, 0.29) is 5.56 Å². The fraction of sp³-hybridized carbons (Fsp3) is 0.0909. The summed E-state index contributed by atoms with van der Waals surface area (Å²) in [6.07, 6.45) is 2.98. The number of anilines is 1. The van der Waals surface area contributed by atoms with Crippen LogP contribution in [-0.2, 0) is 6.54 Å². The van der Waals surface area contributed by atoms with Crippen molar-refractivity contribution in [2.45, 2.75) is 6.54 Å². The van der Waals surface area contributed by atoms with Gasteiger partial charge in [0.15, 0.2) is 0 Å². The molecule has 0 spiro atoms. The van der Waals surface area contributed by atoms with Crippen molar-refractivity contribution in [3.8, 4) is 0 Å². The third-order valence-corrected chi connectivity index (χ3v) is 3.82. The van der Waals surface area contributed by atoms with Gasteiger partial charge in [-0.15, -0.1) is 0 Å². The summed E-state index contributed by atoms with van der Waals surface area (Å²) < 4.78 is 2.77. The topological polar surface area (TPSA) is 60.9 Å². The molecule has 0 atom stereocenters. The first-order valence-corrected chi connectivity index (χ1v) is 6.41. The Morgan fingerprint density at radius 1 is 1.35 bits per heavy atom. The fourth-order valence-corrected chi connectivity index (χ4v) is 2.18. The van der Waals surface area contributed by atoms with E-state index >= 15 is 0 Å². The Balaban J connectivity index is 2.42. The highest BCUT2D eigenvalue weighted by atomic mass is 79.9. The molecule has 17 heavy (non-hydrogen) atoms. The number of halogens is 2. The van der Waals surface area contributed by atoms with E-state index in [1.54, 1.807) is 6.07 Å². The summed E-state index contributed by atoms with van der Waals surface area (Å²) in [6, 6.07) is 5.56. The molecule has 2 N–H and O–H groups in total. The Morgan fingerprint density at radius 3 is 2.88 bits per heavy atom. The van der Waals surface area contributed by atoms with Crippen molar-refractivity contribution in [3.63, 3.8) is 0 Å². The van der Waals surface area contributed by atoms with Crippen molar-refractivity contribution in [3.05, 3.63) is 55.6 Å². The maximum Gasteiger partial charge on any atom is 0.267 e. The van der Waals surface area contributed by atoms with Gasteiger partial charge in [0.05, 0.1) is 12.9 Å². The van der Waals surface area contributed by atoms with Gasteiger partial charge in [0.1, 0.15) is 4.47 Å². The predicted octanol–water partition coefficient (Wildman–Crippen LogP) is 2.40. The van der Waals surface area contributed by atoms with Crippen LogP contribution >= 0.6 is 31.9 Å². The minimum atomic E-state index is -0.116. The maximum absolute atomic E-state index is 11.8. The average Bonchev–Trinajstić information content (AvgIpc) is 2.31. The van der Waals surface area contributed by atoms with E-state index in [4.69, 9.17) is 5.73 Å². The third-order valence-electron chi connectivity index (χ3n) is 2.31. The number of hydrogen-bond acceptors (Lipinski definition) is 3. The third kappa shape index (κ3) is 2.58. The molecule has 1 heterocycles. The van der Waals surface area contributed by atoms with Crippen LogP contribution in [0.15, 0.2) is 44.5 Å². The van der Waals surface area contributed by atoms with E-state index in [1.165, 1.54) is 17.1 Å². The van der Waals surface area contributed by atoms with Gasteiger partial charge >= 0.3 is 0 Å². The highest BCUT2D eigenvalue weighted by molar-refractivity contribution is 9.10. The zero-order valence-electron chi connectivity index (χ0n) is 8.73. The molecule has 1 aromatic carbocycles. The molecule has 4 nitrogen and oxygen atoms in total. The average molecular weight is 359 g/mol. The van der Waals surface area contributed by atoms with Crippen molar-refractivity contribution >= 4 is 37.5 Å². The van der Waals surface area contributed by atoms with Crippen molar-refractivity contribution < 1.29 is 0 Å². The van der Waals surface area contributed by atoms with E-state index in [2.05, 4.69) is 36.8 Å². The van der Waals surface area contributed by atoms with Gasteiger partial charge < -0.3 is 5.73 Å². The number of rotatable bonds is 2. The number of nitrogens with zero attached hydrogens (tertiary/aromatic N) is 2. The SMILES string of the molecule is Nc1cccc(Cn2cncc(Br)c2=O)c1Br. The molecule has 6 heteroatoms. The van der Waals surface area contributed by atoms with E-state index in [9.17, 15) is 4.79 Å². The van der Waals surface area contributed by atoms with E-state index < -0.39 is 0 Å². The van der Waals surface area contributed by atoms with Crippen molar-refractivity contribution in [2.75, 3.05) is 5.73 Å². The largest absolute Gasteiger partial charge is 0.398 e. The number of hydrogen-bond donors (Lipinski definition) is 1. The minimum Gasteiger partial charge on any atom is -0.398 e. The van der Waals surface area contributed by atoms with E-state index in [1.807, 2.05) is 12.1 Å². The first kappa shape index (κ1) is 12.3. The fourth-order valence-electron chi connectivity index (χ4n) is 1.44. The van der Waals surface area contributed by atoms with E-state index in [0.717, 1.165) is 10.0 Å². The van der Waals surface area contributed by atoms with Crippen molar-refractivity contribution in [2.24, 2.45) is 0 Å². The highest BCUT2D eigenvalue weighted by Crippen LogP contribution is 2.24. The normalized spacial score (nSPS) is 10.5. The first-order chi connectivity index (χ1) is 8.09. The monoisotopic (exact) mass is 357 g/mol. The summed E-state index contributed by atoms with van der Waals surface area (Å²) >= 11 is 6.57. The molecule has 2 rings (SSSR count). The summed E-state index contributed by atoms with van der Waals surface area (Å²) in [7, 11) is 0. The van der Waals surface area contributed by atoms with Gasteiger partial charge in [-0.05, 0) is 43.5 Å². The van der Waals surface area contributed by atoms with Crippen LogP contribution in [0, 0.1) is 0 Å². The van der Waals surface area contributed by atoms with Crippen LogP contribution in [0.1, 0.15) is 5.56 Å². The van der Waals surface area contributed by atoms with Crippen molar-refractivity contribution in [1.82, 2.24) is 9.55 Å². The highest BCUT2D eigenvalue weighted by Gasteiger charge is 2.06. The Bertz CT molecular complexity index is 610. The van der Waals surface area contributed by atoms with Crippen LogP contribution in [-0.4, -0.2) is 9.55 Å². The molecule has 88 valence electrons. The first-order valence-electron chi connectivity index (χ1n) is 4.82. The van der Waals surface area contributed by atoms with Gasteiger partial charge in [0.25, 0.3) is 5.56 Å². The van der Waals surface area contributed by atoms with Crippen LogP contribution in [0.25, 0.3) is 0 Å². The Morgan fingerprint density at radius 2 is 2.12 bits per heavy atom. The molecule has 0 saturated heterocycles. The lowest BCUT2D eigenvalue weighted by Crippen LogP contribution is -2.21. The predicted molar refractivity (Wildman–Crippen MR) is 73.9 cm³/mol. The lowest BCUT2D eigenvalue weighted by atomic mass is 10.2. The molecule has 0 saturated carbocycles. The summed E-state index contributed by atoms with van der Waals surface area (Å²) in [5, 5.41) is 0. The summed E-state index contributed by atoms with van der Waals surface area (Å²) in [4.78, 5) is 15.8. The van der Waals surface area contributed by atoms with Crippen LogP contribution in [0.2, 0.25) is 0 Å². The number of nitrogens with two attached hydrogens (primary N) is 1. The van der Waals surface area contributed by atoms with Crippen LogP contribution in [0.5, 0.6) is 0 Å². The Hall–Kier alpha value is -1.14. The molecule has 0 amide bonds. The second-order valence-corrected chi connectivity index (χ2v) is 5.14. The molecule has 0 unspecified atom stereocenters. The number of aromatic nitrogens is 2. The molecule has 2 aromatic rings. The zero-order valence-corrected chi connectivity index (χ0v) is 11.9. The van der Waals surface area contributed by atoms with Gasteiger partial charge in [-0.3, -0.25) is 9.36 Å². The molecular weight excluding hydrogens is 350 g/mol. The summed E-state index contributed by atoms with van der Waals surface area (Å²) in [5.41, 5.74) is 7.26. The standard InChI is InChI=1S/C11H9Br2N3O/c12-8-4-15-6-16(11(8)17)5-7-2-1-3-9(14)10(7)13/h1-4,6H,5,14H2. The molecule has 0 aliphatic carbocycles. The quantitative estimate of drug-likeness (QED) is 0.838. The molecule has 0 aliphatic rings. The van der Waals surface area contributed by atoms with Gasteiger partial charge in [0.2, 0.25) is 0 Å². The molecule has 0 aliphatic heterocycles. The van der Waals surface area contributed by atoms with Gasteiger partial charge in [0, 0.05) is 16.4 Å². The van der Waals surface area contributed by atoms with Gasteiger partial charge in [-0.1, -0.05) is 12.1 Å². The number of nitrogen functional groups attached to an aromatic ring is 1. The second kappa shape index (κ2) is 5.01. The zero-order chi connectivity index (χ0) is 12.4. The molecule has 0 radical (unpaired) electrons.